The second-order valence-corrected chi connectivity index (χ2v) is 4.41. The van der Waals surface area contributed by atoms with E-state index in [1.165, 1.54) is 0 Å². The fourth-order valence-corrected chi connectivity index (χ4v) is 2.02. The summed E-state index contributed by atoms with van der Waals surface area (Å²) in [6.45, 7) is 0.483. The van der Waals surface area contributed by atoms with Crippen molar-refractivity contribution in [1.82, 2.24) is 15.0 Å². The number of hydrogen-bond acceptors (Lipinski definition) is 5. The van der Waals surface area contributed by atoms with Crippen LogP contribution >= 0.6 is 0 Å². The molecule has 0 bridgehead atoms. The number of rotatable bonds is 7. The molecule has 0 aliphatic heterocycles. The highest BCUT2D eigenvalue weighted by atomic mass is 16.5. The minimum Gasteiger partial charge on any atom is -0.497 e. The number of benzene rings is 1. The van der Waals surface area contributed by atoms with Gasteiger partial charge in [0.1, 0.15) is 11.5 Å². The third-order valence-electron chi connectivity index (χ3n) is 3.06. The van der Waals surface area contributed by atoms with Gasteiger partial charge < -0.3 is 14.6 Å². The zero-order valence-electron chi connectivity index (χ0n) is 11.9. The fourth-order valence-electron chi connectivity index (χ4n) is 2.02. The molecule has 0 aliphatic rings. The number of carboxylic acid groups (broad SMARTS) is 1. The average molecular weight is 291 g/mol. The van der Waals surface area contributed by atoms with Crippen LogP contribution in [0.3, 0.4) is 0 Å². The van der Waals surface area contributed by atoms with Gasteiger partial charge in [0.25, 0.3) is 0 Å². The van der Waals surface area contributed by atoms with Crippen molar-refractivity contribution in [1.29, 1.82) is 0 Å². The Hall–Kier alpha value is -2.57. The van der Waals surface area contributed by atoms with E-state index in [0.717, 1.165) is 11.3 Å². The van der Waals surface area contributed by atoms with E-state index in [9.17, 15) is 4.79 Å². The maximum atomic E-state index is 10.6. The van der Waals surface area contributed by atoms with Crippen LogP contribution in [-0.4, -0.2) is 40.3 Å². The van der Waals surface area contributed by atoms with Crippen LogP contribution in [0.2, 0.25) is 0 Å². The Bertz CT molecular complexity index is 624. The summed E-state index contributed by atoms with van der Waals surface area (Å²) in [5.41, 5.74) is 1.61. The molecule has 21 heavy (non-hydrogen) atoms. The molecule has 0 aliphatic carbocycles. The number of carboxylic acids is 1. The quantitative estimate of drug-likeness (QED) is 0.837. The van der Waals surface area contributed by atoms with Gasteiger partial charge in [-0.05, 0) is 18.6 Å². The first-order valence-corrected chi connectivity index (χ1v) is 6.48. The molecule has 2 rings (SSSR count). The number of aromatic nitrogens is 3. The van der Waals surface area contributed by atoms with E-state index in [1.807, 2.05) is 12.1 Å². The Morgan fingerprint density at radius 2 is 2.14 bits per heavy atom. The van der Waals surface area contributed by atoms with Crippen molar-refractivity contribution in [3.05, 3.63) is 24.4 Å². The molecule has 112 valence electrons. The highest BCUT2D eigenvalue weighted by molar-refractivity contribution is 5.68. The Morgan fingerprint density at radius 1 is 1.33 bits per heavy atom. The molecule has 0 amide bonds. The molecule has 0 atom stereocenters. The summed E-state index contributed by atoms with van der Waals surface area (Å²) in [5, 5.41) is 16.6. The number of carbonyl (C=O) groups is 1. The molecule has 0 saturated heterocycles. The molecule has 7 heteroatoms. The fraction of sp³-hybridized carbons (Fsp3) is 0.357. The van der Waals surface area contributed by atoms with Gasteiger partial charge in [-0.3, -0.25) is 4.79 Å². The number of hydrogen-bond donors (Lipinski definition) is 1. The van der Waals surface area contributed by atoms with E-state index in [4.69, 9.17) is 14.6 Å². The molecule has 1 aromatic heterocycles. The van der Waals surface area contributed by atoms with Crippen molar-refractivity contribution in [2.75, 3.05) is 14.2 Å². The van der Waals surface area contributed by atoms with Crippen molar-refractivity contribution in [3.63, 3.8) is 0 Å². The summed E-state index contributed by atoms with van der Waals surface area (Å²) >= 11 is 0. The van der Waals surface area contributed by atoms with E-state index in [0.29, 0.717) is 24.5 Å². The lowest BCUT2D eigenvalue weighted by Gasteiger charge is -2.11. The summed E-state index contributed by atoms with van der Waals surface area (Å²) in [6.07, 6.45) is 2.22. The van der Waals surface area contributed by atoms with E-state index < -0.39 is 5.97 Å². The van der Waals surface area contributed by atoms with Gasteiger partial charge in [-0.2, -0.15) is 0 Å². The van der Waals surface area contributed by atoms with Gasteiger partial charge in [0.2, 0.25) is 0 Å². The van der Waals surface area contributed by atoms with Crippen LogP contribution in [0.25, 0.3) is 11.3 Å². The van der Waals surface area contributed by atoms with Crippen LogP contribution in [0.4, 0.5) is 0 Å². The third kappa shape index (κ3) is 3.50. The van der Waals surface area contributed by atoms with Gasteiger partial charge in [0.05, 0.1) is 26.1 Å². The highest BCUT2D eigenvalue weighted by Gasteiger charge is 2.13. The summed E-state index contributed by atoms with van der Waals surface area (Å²) in [7, 11) is 3.17. The number of aliphatic carboxylic acids is 1. The Labute approximate surface area is 122 Å². The molecule has 7 nitrogen and oxygen atoms in total. The standard InChI is InChI=1S/C14H17N3O4/c1-20-10-5-6-11(13(8-10)21-2)12-9-15-16-17(12)7-3-4-14(18)19/h5-6,8-9H,3-4,7H2,1-2H3,(H,18,19). The van der Waals surface area contributed by atoms with E-state index in [2.05, 4.69) is 10.3 Å². The molecule has 0 unspecified atom stereocenters. The average Bonchev–Trinajstić information content (AvgIpc) is 2.94. The van der Waals surface area contributed by atoms with Crippen LogP contribution in [0.15, 0.2) is 24.4 Å². The maximum Gasteiger partial charge on any atom is 0.303 e. The first-order chi connectivity index (χ1) is 10.2. The minimum atomic E-state index is -0.821. The highest BCUT2D eigenvalue weighted by Crippen LogP contribution is 2.32. The van der Waals surface area contributed by atoms with Crippen molar-refractivity contribution < 1.29 is 19.4 Å². The molecule has 0 spiro atoms. The molecule has 2 aromatic rings. The van der Waals surface area contributed by atoms with Crippen LogP contribution in [-0.2, 0) is 11.3 Å². The van der Waals surface area contributed by atoms with Gasteiger partial charge >= 0.3 is 5.97 Å². The molecule has 1 aromatic carbocycles. The van der Waals surface area contributed by atoms with Crippen molar-refractivity contribution in [2.24, 2.45) is 0 Å². The third-order valence-corrected chi connectivity index (χ3v) is 3.06. The van der Waals surface area contributed by atoms with Crippen LogP contribution in [0.1, 0.15) is 12.8 Å². The Morgan fingerprint density at radius 3 is 2.81 bits per heavy atom. The first-order valence-electron chi connectivity index (χ1n) is 6.48. The predicted octanol–water partition coefficient (Wildman–Crippen LogP) is 1.83. The lowest BCUT2D eigenvalue weighted by molar-refractivity contribution is -0.137. The molecule has 0 fully saturated rings. The topological polar surface area (TPSA) is 86.5 Å². The molecule has 1 heterocycles. The zero-order chi connectivity index (χ0) is 15.2. The smallest absolute Gasteiger partial charge is 0.303 e. The number of nitrogens with zero attached hydrogens (tertiary/aromatic N) is 3. The van der Waals surface area contributed by atoms with Crippen molar-refractivity contribution >= 4 is 5.97 Å². The van der Waals surface area contributed by atoms with Crippen LogP contribution < -0.4 is 9.47 Å². The number of methoxy groups -OCH3 is 2. The van der Waals surface area contributed by atoms with Gasteiger partial charge in [-0.25, -0.2) is 4.68 Å². The zero-order valence-corrected chi connectivity index (χ0v) is 11.9. The summed E-state index contributed by atoms with van der Waals surface area (Å²) in [6, 6.07) is 5.47. The van der Waals surface area contributed by atoms with E-state index in [-0.39, 0.29) is 6.42 Å². The van der Waals surface area contributed by atoms with Gasteiger partial charge in [-0.1, -0.05) is 5.21 Å². The SMILES string of the molecule is COc1ccc(-c2cnnn2CCCC(=O)O)c(OC)c1. The Balaban J connectivity index is 2.26. The summed E-state index contributed by atoms with van der Waals surface area (Å²) in [4.78, 5) is 10.6. The summed E-state index contributed by atoms with van der Waals surface area (Å²) in [5.74, 6) is 0.523. The lowest BCUT2D eigenvalue weighted by atomic mass is 10.1. The van der Waals surface area contributed by atoms with Gasteiger partial charge in [0, 0.05) is 24.6 Å². The first kappa shape index (κ1) is 14.8. The van der Waals surface area contributed by atoms with Crippen molar-refractivity contribution in [2.45, 2.75) is 19.4 Å². The largest absolute Gasteiger partial charge is 0.497 e. The normalized spacial score (nSPS) is 10.4. The lowest BCUT2D eigenvalue weighted by Crippen LogP contribution is -2.05. The van der Waals surface area contributed by atoms with Gasteiger partial charge in [-0.15, -0.1) is 5.10 Å². The minimum absolute atomic E-state index is 0.0963. The molecular formula is C14H17N3O4. The molecule has 0 radical (unpaired) electrons. The molecular weight excluding hydrogens is 274 g/mol. The van der Waals surface area contributed by atoms with E-state index in [1.54, 1.807) is 31.2 Å². The van der Waals surface area contributed by atoms with E-state index >= 15 is 0 Å². The second kappa shape index (κ2) is 6.74. The monoisotopic (exact) mass is 291 g/mol. The second-order valence-electron chi connectivity index (χ2n) is 4.41. The van der Waals surface area contributed by atoms with Crippen LogP contribution in [0, 0.1) is 0 Å². The Kier molecular flexibility index (Phi) is 4.76. The summed E-state index contributed by atoms with van der Waals surface area (Å²) < 4.78 is 12.2. The predicted molar refractivity (Wildman–Crippen MR) is 75.4 cm³/mol. The molecule has 0 saturated carbocycles. The number of ether oxygens (including phenoxy) is 2. The number of aryl methyl sites for hydroxylation is 1. The molecule has 1 N–H and O–H groups in total. The van der Waals surface area contributed by atoms with Gasteiger partial charge in [0.15, 0.2) is 0 Å². The maximum absolute atomic E-state index is 10.6. The van der Waals surface area contributed by atoms with Crippen molar-refractivity contribution in [3.8, 4) is 22.8 Å². The van der Waals surface area contributed by atoms with Crippen LogP contribution in [0.5, 0.6) is 11.5 Å².